The van der Waals surface area contributed by atoms with Crippen LogP contribution < -0.4 is 14.8 Å². The third-order valence-corrected chi connectivity index (χ3v) is 3.56. The molecular formula is C16H26ClNO3. The summed E-state index contributed by atoms with van der Waals surface area (Å²) in [6.07, 6.45) is 1.10. The summed E-state index contributed by atoms with van der Waals surface area (Å²) in [5.74, 6) is 1.90. The topological polar surface area (TPSA) is 39.7 Å². The van der Waals surface area contributed by atoms with E-state index in [9.17, 15) is 0 Å². The highest BCUT2D eigenvalue weighted by Crippen LogP contribution is 2.37. The molecule has 0 unspecified atom stereocenters. The number of halogens is 1. The molecule has 120 valence electrons. The van der Waals surface area contributed by atoms with Gasteiger partial charge in [-0.1, -0.05) is 31.5 Å². The van der Waals surface area contributed by atoms with E-state index < -0.39 is 0 Å². The normalized spacial score (nSPS) is 11.0. The fourth-order valence-electron chi connectivity index (χ4n) is 1.86. The van der Waals surface area contributed by atoms with Crippen molar-refractivity contribution in [2.45, 2.75) is 26.8 Å². The van der Waals surface area contributed by atoms with Gasteiger partial charge in [0.05, 0.1) is 25.8 Å². The Morgan fingerprint density at radius 3 is 2.52 bits per heavy atom. The highest BCUT2D eigenvalue weighted by atomic mass is 35.5. The molecule has 4 nitrogen and oxygen atoms in total. The second kappa shape index (κ2) is 9.87. The average molecular weight is 316 g/mol. The van der Waals surface area contributed by atoms with Gasteiger partial charge in [-0.2, -0.15) is 0 Å². The molecule has 0 radical (unpaired) electrons. The number of hydrogen-bond acceptors (Lipinski definition) is 4. The van der Waals surface area contributed by atoms with E-state index in [0.717, 1.165) is 25.1 Å². The molecule has 1 N–H and O–H groups in total. The van der Waals surface area contributed by atoms with Gasteiger partial charge in [0.25, 0.3) is 0 Å². The van der Waals surface area contributed by atoms with E-state index >= 15 is 0 Å². The monoisotopic (exact) mass is 315 g/mol. The summed E-state index contributed by atoms with van der Waals surface area (Å²) in [5, 5.41) is 3.90. The highest BCUT2D eigenvalue weighted by molar-refractivity contribution is 6.33. The molecule has 0 amide bonds. The van der Waals surface area contributed by atoms with Crippen LogP contribution in [0.25, 0.3) is 0 Å². The predicted octanol–water partition coefficient (Wildman–Crippen LogP) is 3.51. The van der Waals surface area contributed by atoms with Crippen LogP contribution in [-0.2, 0) is 11.3 Å². The molecule has 0 saturated carbocycles. The minimum atomic E-state index is 0.576. The largest absolute Gasteiger partial charge is 0.493 e. The van der Waals surface area contributed by atoms with Gasteiger partial charge in [0.2, 0.25) is 0 Å². The van der Waals surface area contributed by atoms with Crippen LogP contribution in [0.1, 0.15) is 25.8 Å². The van der Waals surface area contributed by atoms with Gasteiger partial charge in [0, 0.05) is 19.7 Å². The van der Waals surface area contributed by atoms with Crippen LogP contribution in [0, 0.1) is 5.92 Å². The molecule has 0 aliphatic carbocycles. The summed E-state index contributed by atoms with van der Waals surface area (Å²) in [4.78, 5) is 0. The summed E-state index contributed by atoms with van der Waals surface area (Å²) in [5.41, 5.74) is 0.983. The predicted molar refractivity (Wildman–Crippen MR) is 86.5 cm³/mol. The highest BCUT2D eigenvalue weighted by Gasteiger charge is 2.12. The zero-order valence-electron chi connectivity index (χ0n) is 13.4. The van der Waals surface area contributed by atoms with Gasteiger partial charge in [-0.05, 0) is 24.0 Å². The lowest BCUT2D eigenvalue weighted by molar-refractivity contribution is 0.125. The van der Waals surface area contributed by atoms with Crippen molar-refractivity contribution in [1.29, 1.82) is 0 Å². The van der Waals surface area contributed by atoms with E-state index in [1.807, 2.05) is 12.1 Å². The van der Waals surface area contributed by atoms with E-state index in [2.05, 4.69) is 19.2 Å². The van der Waals surface area contributed by atoms with Crippen LogP contribution >= 0.6 is 11.6 Å². The Kier molecular flexibility index (Phi) is 8.50. The van der Waals surface area contributed by atoms with Crippen molar-refractivity contribution in [3.05, 3.63) is 22.7 Å². The smallest absolute Gasteiger partial charge is 0.179 e. The van der Waals surface area contributed by atoms with Gasteiger partial charge in [-0.3, -0.25) is 0 Å². The molecule has 21 heavy (non-hydrogen) atoms. The fourth-order valence-corrected chi connectivity index (χ4v) is 2.16. The zero-order valence-corrected chi connectivity index (χ0v) is 14.1. The Balaban J connectivity index is 2.35. The van der Waals surface area contributed by atoms with Gasteiger partial charge >= 0.3 is 0 Å². The average Bonchev–Trinajstić information content (AvgIpc) is 2.46. The number of nitrogens with one attached hydrogen (secondary N) is 1. The van der Waals surface area contributed by atoms with E-state index in [1.54, 1.807) is 14.2 Å². The lowest BCUT2D eigenvalue weighted by Gasteiger charge is -2.13. The maximum absolute atomic E-state index is 6.31. The van der Waals surface area contributed by atoms with Gasteiger partial charge in [0.15, 0.2) is 11.5 Å². The van der Waals surface area contributed by atoms with Crippen molar-refractivity contribution in [2.75, 3.05) is 34.0 Å². The molecule has 0 saturated heterocycles. The third-order valence-electron chi connectivity index (χ3n) is 3.14. The quantitative estimate of drug-likeness (QED) is 0.671. The Labute approximate surface area is 132 Å². The molecule has 1 rings (SSSR count). The van der Waals surface area contributed by atoms with E-state index in [1.165, 1.54) is 0 Å². The number of benzene rings is 1. The minimum Gasteiger partial charge on any atom is -0.493 e. The Morgan fingerprint density at radius 1 is 1.14 bits per heavy atom. The van der Waals surface area contributed by atoms with Gasteiger partial charge in [-0.15, -0.1) is 0 Å². The van der Waals surface area contributed by atoms with Gasteiger partial charge < -0.3 is 19.5 Å². The van der Waals surface area contributed by atoms with Crippen LogP contribution in [0.2, 0.25) is 5.02 Å². The lowest BCUT2D eigenvalue weighted by Crippen LogP contribution is -2.20. The first-order valence-electron chi connectivity index (χ1n) is 7.28. The zero-order chi connectivity index (χ0) is 15.7. The molecule has 0 spiro atoms. The van der Waals surface area contributed by atoms with E-state index in [4.69, 9.17) is 25.8 Å². The maximum atomic E-state index is 6.31. The first-order chi connectivity index (χ1) is 10.1. The Bertz CT molecular complexity index is 424. The molecule has 0 aliphatic rings. The summed E-state index contributed by atoms with van der Waals surface area (Å²) in [7, 11) is 3.18. The van der Waals surface area contributed by atoms with Crippen molar-refractivity contribution in [3.8, 4) is 11.5 Å². The second-order valence-corrected chi connectivity index (χ2v) is 5.62. The first-order valence-corrected chi connectivity index (χ1v) is 7.65. The van der Waals surface area contributed by atoms with Crippen LogP contribution in [0.5, 0.6) is 11.5 Å². The summed E-state index contributed by atoms with van der Waals surface area (Å²) < 4.78 is 16.0. The van der Waals surface area contributed by atoms with E-state index in [0.29, 0.717) is 35.6 Å². The molecular weight excluding hydrogens is 290 g/mol. The fraction of sp³-hybridized carbons (Fsp3) is 0.625. The molecule has 1 aromatic carbocycles. The van der Waals surface area contributed by atoms with Crippen molar-refractivity contribution >= 4 is 11.6 Å². The van der Waals surface area contributed by atoms with Crippen molar-refractivity contribution < 1.29 is 14.2 Å². The van der Waals surface area contributed by atoms with E-state index in [-0.39, 0.29) is 0 Å². The lowest BCUT2D eigenvalue weighted by atomic mass is 10.1. The molecule has 0 heterocycles. The number of methoxy groups -OCH3 is 2. The Hall–Kier alpha value is -0.970. The second-order valence-electron chi connectivity index (χ2n) is 5.25. The summed E-state index contributed by atoms with van der Waals surface area (Å²) in [6.45, 7) is 7.38. The SMILES string of the molecule is COc1ccc(CNCCOCCC(C)C)c(Cl)c1OC. The standard InChI is InChI=1S/C16H26ClNO3/c1-12(2)7-9-21-10-8-18-11-13-5-6-14(19-3)16(20-4)15(13)17/h5-6,12,18H,7-11H2,1-4H3. The third kappa shape index (κ3) is 6.12. The van der Waals surface area contributed by atoms with Gasteiger partial charge in [0.1, 0.15) is 0 Å². The molecule has 0 atom stereocenters. The van der Waals surface area contributed by atoms with Crippen LogP contribution in [0.15, 0.2) is 12.1 Å². The van der Waals surface area contributed by atoms with Crippen molar-refractivity contribution in [3.63, 3.8) is 0 Å². The summed E-state index contributed by atoms with van der Waals surface area (Å²) >= 11 is 6.31. The molecule has 0 aliphatic heterocycles. The number of ether oxygens (including phenoxy) is 3. The molecule has 1 aromatic rings. The van der Waals surface area contributed by atoms with Crippen molar-refractivity contribution in [2.24, 2.45) is 5.92 Å². The minimum absolute atomic E-state index is 0.576. The number of hydrogen-bond donors (Lipinski definition) is 1. The van der Waals surface area contributed by atoms with Crippen LogP contribution in [0.4, 0.5) is 0 Å². The molecule has 0 fully saturated rings. The molecule has 0 bridgehead atoms. The summed E-state index contributed by atoms with van der Waals surface area (Å²) in [6, 6.07) is 3.80. The first kappa shape index (κ1) is 18.1. The van der Waals surface area contributed by atoms with Crippen LogP contribution in [0.3, 0.4) is 0 Å². The van der Waals surface area contributed by atoms with Gasteiger partial charge in [-0.25, -0.2) is 0 Å². The van der Waals surface area contributed by atoms with Crippen LogP contribution in [-0.4, -0.2) is 34.0 Å². The Morgan fingerprint density at radius 2 is 1.90 bits per heavy atom. The molecule has 5 heteroatoms. The van der Waals surface area contributed by atoms with Crippen molar-refractivity contribution in [1.82, 2.24) is 5.32 Å². The maximum Gasteiger partial charge on any atom is 0.179 e. The number of rotatable bonds is 10. The molecule has 0 aromatic heterocycles.